The minimum absolute atomic E-state index is 0.0957. The molecule has 3 unspecified atom stereocenters. The van der Waals surface area contributed by atoms with Gasteiger partial charge in [-0.15, -0.1) is 0 Å². The zero-order chi connectivity index (χ0) is 12.0. The molecule has 0 aromatic carbocycles. The molecule has 1 aliphatic carbocycles. The maximum Gasteiger partial charge on any atom is 0.292 e. The smallest absolute Gasteiger partial charge is 0.292 e. The highest BCUT2D eigenvalue weighted by Crippen LogP contribution is 2.38. The van der Waals surface area contributed by atoms with Gasteiger partial charge in [-0.1, -0.05) is 5.16 Å². The summed E-state index contributed by atoms with van der Waals surface area (Å²) in [6.07, 6.45) is 3.21. The van der Waals surface area contributed by atoms with E-state index < -0.39 is 0 Å². The number of carbonyl (C=O) groups excluding carboxylic acids is 1. The van der Waals surface area contributed by atoms with Gasteiger partial charge in [-0.25, -0.2) is 0 Å². The first-order valence-electron chi connectivity index (χ1n) is 6.05. The van der Waals surface area contributed by atoms with Crippen LogP contribution in [-0.4, -0.2) is 40.3 Å². The Balaban J connectivity index is 1.75. The van der Waals surface area contributed by atoms with Crippen molar-refractivity contribution in [2.45, 2.75) is 25.9 Å². The second-order valence-electron chi connectivity index (χ2n) is 5.12. The highest BCUT2D eigenvalue weighted by atomic mass is 16.5. The number of rotatable bonds is 1. The third-order valence-corrected chi connectivity index (χ3v) is 4.05. The van der Waals surface area contributed by atoms with Gasteiger partial charge in [0.15, 0.2) is 0 Å². The second kappa shape index (κ2) is 3.84. The van der Waals surface area contributed by atoms with E-state index in [1.807, 2.05) is 6.92 Å². The summed E-state index contributed by atoms with van der Waals surface area (Å²) in [5.74, 6) is 0.945. The van der Waals surface area contributed by atoms with Gasteiger partial charge in [0.05, 0.1) is 12.3 Å². The molecule has 1 aromatic heterocycles. The molecule has 1 N–H and O–H groups in total. The Labute approximate surface area is 99.4 Å². The Bertz CT molecular complexity index is 443. The summed E-state index contributed by atoms with van der Waals surface area (Å²) >= 11 is 0. The van der Waals surface area contributed by atoms with Crippen molar-refractivity contribution in [1.82, 2.24) is 10.1 Å². The maximum atomic E-state index is 12.2. The van der Waals surface area contributed by atoms with E-state index in [0.29, 0.717) is 18.2 Å². The molecular weight excluding hydrogens is 220 g/mol. The summed E-state index contributed by atoms with van der Waals surface area (Å²) in [5, 5.41) is 13.4. The number of amides is 1. The summed E-state index contributed by atoms with van der Waals surface area (Å²) in [5.41, 5.74) is 0.771. The van der Waals surface area contributed by atoms with E-state index in [2.05, 4.69) is 5.16 Å². The van der Waals surface area contributed by atoms with Crippen LogP contribution in [0.4, 0.5) is 0 Å². The number of carbonyl (C=O) groups is 1. The minimum Gasteiger partial charge on any atom is -0.393 e. The molecule has 2 heterocycles. The molecule has 92 valence electrons. The SMILES string of the molecule is Cc1cnoc1C(=O)N1CC2CCC(O)C2C1. The monoisotopic (exact) mass is 236 g/mol. The molecular formula is C12H16N2O3. The van der Waals surface area contributed by atoms with Gasteiger partial charge >= 0.3 is 0 Å². The van der Waals surface area contributed by atoms with Crippen LogP contribution >= 0.6 is 0 Å². The van der Waals surface area contributed by atoms with Crippen molar-refractivity contribution in [3.05, 3.63) is 17.5 Å². The van der Waals surface area contributed by atoms with Gasteiger partial charge in [0.1, 0.15) is 0 Å². The molecule has 2 fully saturated rings. The van der Waals surface area contributed by atoms with Crippen LogP contribution in [-0.2, 0) is 0 Å². The van der Waals surface area contributed by atoms with Crippen LogP contribution in [0.1, 0.15) is 29.0 Å². The minimum atomic E-state index is -0.242. The predicted octanol–water partition coefficient (Wildman–Crippen LogP) is 0.826. The fourth-order valence-electron chi connectivity index (χ4n) is 3.04. The number of hydrogen-bond donors (Lipinski definition) is 1. The lowest BCUT2D eigenvalue weighted by atomic mass is 10.00. The third kappa shape index (κ3) is 1.65. The van der Waals surface area contributed by atoms with E-state index in [0.717, 1.165) is 24.9 Å². The van der Waals surface area contributed by atoms with E-state index in [9.17, 15) is 9.90 Å². The Kier molecular flexibility index (Phi) is 2.43. The van der Waals surface area contributed by atoms with Gasteiger partial charge in [-0.05, 0) is 25.7 Å². The fourth-order valence-corrected chi connectivity index (χ4v) is 3.04. The van der Waals surface area contributed by atoms with Crippen LogP contribution in [0.5, 0.6) is 0 Å². The Morgan fingerprint density at radius 2 is 2.35 bits per heavy atom. The molecule has 2 aliphatic rings. The number of aliphatic hydroxyl groups is 1. The quantitative estimate of drug-likeness (QED) is 0.784. The van der Waals surface area contributed by atoms with Gasteiger partial charge in [0.25, 0.3) is 5.91 Å². The lowest BCUT2D eigenvalue weighted by molar-refractivity contribution is 0.0711. The van der Waals surface area contributed by atoms with Crippen molar-refractivity contribution in [2.24, 2.45) is 11.8 Å². The molecule has 1 saturated heterocycles. The number of nitrogens with zero attached hydrogens (tertiary/aromatic N) is 2. The first-order valence-corrected chi connectivity index (χ1v) is 6.05. The Morgan fingerprint density at radius 1 is 1.53 bits per heavy atom. The van der Waals surface area contributed by atoms with E-state index in [4.69, 9.17) is 4.52 Å². The summed E-state index contributed by atoms with van der Waals surface area (Å²) in [6.45, 7) is 3.20. The lowest BCUT2D eigenvalue weighted by Crippen LogP contribution is -2.31. The predicted molar refractivity (Wildman–Crippen MR) is 59.4 cm³/mol. The summed E-state index contributed by atoms with van der Waals surface area (Å²) in [6, 6.07) is 0. The van der Waals surface area contributed by atoms with E-state index in [-0.39, 0.29) is 17.9 Å². The number of fused-ring (bicyclic) bond motifs is 1. The van der Waals surface area contributed by atoms with E-state index in [1.165, 1.54) is 0 Å². The lowest BCUT2D eigenvalue weighted by Gasteiger charge is -2.17. The normalized spacial score (nSPS) is 31.9. The van der Waals surface area contributed by atoms with E-state index >= 15 is 0 Å². The van der Waals surface area contributed by atoms with Crippen LogP contribution < -0.4 is 0 Å². The molecule has 1 amide bonds. The first kappa shape index (κ1) is 10.8. The number of likely N-dealkylation sites (tertiary alicyclic amines) is 1. The van der Waals surface area contributed by atoms with Crippen molar-refractivity contribution in [1.29, 1.82) is 0 Å². The van der Waals surface area contributed by atoms with Crippen molar-refractivity contribution in [2.75, 3.05) is 13.1 Å². The zero-order valence-electron chi connectivity index (χ0n) is 9.80. The molecule has 0 radical (unpaired) electrons. The molecule has 3 rings (SSSR count). The van der Waals surface area contributed by atoms with Gasteiger partial charge in [0, 0.05) is 24.6 Å². The molecule has 0 bridgehead atoms. The van der Waals surface area contributed by atoms with Gasteiger partial charge < -0.3 is 14.5 Å². The van der Waals surface area contributed by atoms with Crippen LogP contribution in [0.25, 0.3) is 0 Å². The largest absolute Gasteiger partial charge is 0.393 e. The highest BCUT2D eigenvalue weighted by Gasteiger charge is 2.44. The van der Waals surface area contributed by atoms with Crippen LogP contribution in [0, 0.1) is 18.8 Å². The molecule has 3 atom stereocenters. The molecule has 5 heteroatoms. The number of hydrogen-bond acceptors (Lipinski definition) is 4. The van der Waals surface area contributed by atoms with Crippen molar-refractivity contribution in [3.63, 3.8) is 0 Å². The average Bonchev–Trinajstić information content (AvgIpc) is 2.96. The van der Waals surface area contributed by atoms with Crippen molar-refractivity contribution >= 4 is 5.91 Å². The Morgan fingerprint density at radius 3 is 3.00 bits per heavy atom. The molecule has 1 aromatic rings. The molecule has 1 aliphatic heterocycles. The molecule has 17 heavy (non-hydrogen) atoms. The standard InChI is InChI=1S/C12H16N2O3/c1-7-4-13-17-11(7)12(16)14-5-8-2-3-10(15)9(8)6-14/h4,8-10,15H,2-3,5-6H2,1H3. The fraction of sp³-hybridized carbons (Fsp3) is 0.667. The summed E-state index contributed by atoms with van der Waals surface area (Å²) in [7, 11) is 0. The summed E-state index contributed by atoms with van der Waals surface area (Å²) in [4.78, 5) is 14.0. The zero-order valence-corrected chi connectivity index (χ0v) is 9.80. The first-order chi connectivity index (χ1) is 8.16. The highest BCUT2D eigenvalue weighted by molar-refractivity contribution is 5.92. The molecule has 0 spiro atoms. The maximum absolute atomic E-state index is 12.2. The van der Waals surface area contributed by atoms with Crippen molar-refractivity contribution in [3.8, 4) is 0 Å². The number of aromatic nitrogens is 1. The van der Waals surface area contributed by atoms with E-state index in [1.54, 1.807) is 11.1 Å². The molecule has 5 nitrogen and oxygen atoms in total. The molecule has 1 saturated carbocycles. The van der Waals surface area contributed by atoms with Gasteiger partial charge in [-0.2, -0.15) is 0 Å². The summed E-state index contributed by atoms with van der Waals surface area (Å²) < 4.78 is 4.98. The Hall–Kier alpha value is -1.36. The van der Waals surface area contributed by atoms with Gasteiger partial charge in [0.2, 0.25) is 5.76 Å². The second-order valence-corrected chi connectivity index (χ2v) is 5.12. The third-order valence-electron chi connectivity index (χ3n) is 4.05. The average molecular weight is 236 g/mol. The van der Waals surface area contributed by atoms with Crippen LogP contribution in [0.2, 0.25) is 0 Å². The van der Waals surface area contributed by atoms with Crippen LogP contribution in [0.3, 0.4) is 0 Å². The number of aryl methyl sites for hydroxylation is 1. The van der Waals surface area contributed by atoms with Crippen LogP contribution in [0.15, 0.2) is 10.7 Å². The van der Waals surface area contributed by atoms with Crippen molar-refractivity contribution < 1.29 is 14.4 Å². The van der Waals surface area contributed by atoms with Gasteiger partial charge in [-0.3, -0.25) is 4.79 Å². The topological polar surface area (TPSA) is 66.6 Å². The number of aliphatic hydroxyl groups excluding tert-OH is 1.